The lowest BCUT2D eigenvalue weighted by molar-refractivity contribution is -0.197. The molecule has 4 heteroatoms. The molecule has 0 aromatic heterocycles. The third kappa shape index (κ3) is 1.77. The summed E-state index contributed by atoms with van der Waals surface area (Å²) in [7, 11) is 0. The average Bonchev–Trinajstić information content (AvgIpc) is 2.00. The van der Waals surface area contributed by atoms with Crippen molar-refractivity contribution in [2.75, 3.05) is 6.61 Å². The van der Waals surface area contributed by atoms with Gasteiger partial charge in [-0.2, -0.15) is 0 Å². The van der Waals surface area contributed by atoms with Gasteiger partial charge in [0.2, 0.25) is 0 Å². The van der Waals surface area contributed by atoms with Gasteiger partial charge in [0, 0.05) is 0 Å². The molecule has 1 aliphatic heterocycles. The molecule has 0 amide bonds. The first-order valence-corrected chi connectivity index (χ1v) is 4.20. The van der Waals surface area contributed by atoms with Crippen LogP contribution in [0, 0.1) is 5.92 Å². The van der Waals surface area contributed by atoms with Crippen LogP contribution in [0.2, 0.25) is 0 Å². The Hall–Kier alpha value is -0.160. The van der Waals surface area contributed by atoms with Gasteiger partial charge in [-0.1, -0.05) is 13.8 Å². The predicted molar refractivity (Wildman–Crippen MR) is 42.6 cm³/mol. The third-order valence-corrected chi connectivity index (χ3v) is 2.20. The molecular formula is C8H16O4. The second-order valence-corrected chi connectivity index (χ2v) is 3.59. The van der Waals surface area contributed by atoms with Gasteiger partial charge in [-0.05, 0) is 5.92 Å². The summed E-state index contributed by atoms with van der Waals surface area (Å²) >= 11 is 0. The predicted octanol–water partition coefficient (Wildman–Crippen LogP) is -0.876. The summed E-state index contributed by atoms with van der Waals surface area (Å²) in [5.74, 6) is 0.141. The van der Waals surface area contributed by atoms with Gasteiger partial charge in [-0.25, -0.2) is 0 Å². The van der Waals surface area contributed by atoms with Crippen molar-refractivity contribution >= 4 is 0 Å². The van der Waals surface area contributed by atoms with Crippen molar-refractivity contribution in [1.29, 1.82) is 0 Å². The zero-order valence-corrected chi connectivity index (χ0v) is 7.34. The molecule has 0 bridgehead atoms. The maximum atomic E-state index is 9.44. The highest BCUT2D eigenvalue weighted by atomic mass is 16.5. The molecule has 0 spiro atoms. The van der Waals surface area contributed by atoms with Crippen LogP contribution in [-0.2, 0) is 4.74 Å². The molecule has 4 nitrogen and oxygen atoms in total. The topological polar surface area (TPSA) is 69.9 Å². The van der Waals surface area contributed by atoms with E-state index in [4.69, 9.17) is 9.84 Å². The van der Waals surface area contributed by atoms with Crippen molar-refractivity contribution < 1.29 is 20.1 Å². The van der Waals surface area contributed by atoms with Crippen LogP contribution in [0.5, 0.6) is 0 Å². The fourth-order valence-corrected chi connectivity index (χ4v) is 1.42. The summed E-state index contributed by atoms with van der Waals surface area (Å²) in [6, 6.07) is 0. The number of ether oxygens (including phenoxy) is 1. The standard InChI is InChI=1S/C8H16O4/c1-4(2)8-7(11)6(10)5(9)3-12-8/h4-11H,3H2,1-2H3/t5-,6?,7?,8?/m1/s1. The molecule has 0 aromatic rings. The number of hydrogen-bond acceptors (Lipinski definition) is 4. The van der Waals surface area contributed by atoms with Crippen LogP contribution in [-0.4, -0.2) is 46.3 Å². The van der Waals surface area contributed by atoms with Crippen molar-refractivity contribution in [2.45, 2.75) is 38.3 Å². The summed E-state index contributed by atoms with van der Waals surface area (Å²) in [6.45, 7) is 3.90. The summed E-state index contributed by atoms with van der Waals surface area (Å²) in [5, 5.41) is 27.8. The van der Waals surface area contributed by atoms with Crippen LogP contribution in [0.3, 0.4) is 0 Å². The van der Waals surface area contributed by atoms with E-state index in [0.29, 0.717) is 0 Å². The van der Waals surface area contributed by atoms with E-state index in [-0.39, 0.29) is 18.6 Å². The average molecular weight is 176 g/mol. The molecule has 0 aromatic carbocycles. The second kappa shape index (κ2) is 3.70. The molecule has 1 heterocycles. The summed E-state index contributed by atoms with van der Waals surface area (Å²) in [6.07, 6.45) is -3.39. The van der Waals surface area contributed by atoms with Gasteiger partial charge in [0.1, 0.15) is 18.3 Å². The van der Waals surface area contributed by atoms with Crippen molar-refractivity contribution in [3.8, 4) is 0 Å². The molecule has 1 rings (SSSR count). The summed E-state index contributed by atoms with van der Waals surface area (Å²) < 4.78 is 5.17. The minimum atomic E-state index is -1.08. The zero-order valence-electron chi connectivity index (χ0n) is 7.34. The Labute approximate surface area is 71.8 Å². The highest BCUT2D eigenvalue weighted by Gasteiger charge is 2.38. The van der Waals surface area contributed by atoms with E-state index in [1.165, 1.54) is 0 Å². The van der Waals surface area contributed by atoms with E-state index in [9.17, 15) is 10.2 Å². The van der Waals surface area contributed by atoms with Crippen LogP contribution >= 0.6 is 0 Å². The number of rotatable bonds is 1. The van der Waals surface area contributed by atoms with Gasteiger partial charge < -0.3 is 20.1 Å². The fraction of sp³-hybridized carbons (Fsp3) is 1.00. The Morgan fingerprint density at radius 1 is 1.17 bits per heavy atom. The molecule has 1 fully saturated rings. The molecule has 3 unspecified atom stereocenters. The van der Waals surface area contributed by atoms with Gasteiger partial charge in [-0.3, -0.25) is 0 Å². The summed E-state index contributed by atoms with van der Waals surface area (Å²) in [5.41, 5.74) is 0. The van der Waals surface area contributed by atoms with Crippen LogP contribution in [0.1, 0.15) is 13.8 Å². The Morgan fingerprint density at radius 3 is 2.25 bits per heavy atom. The maximum Gasteiger partial charge on any atom is 0.111 e. The summed E-state index contributed by atoms with van der Waals surface area (Å²) in [4.78, 5) is 0. The lowest BCUT2D eigenvalue weighted by Gasteiger charge is -2.37. The molecule has 1 saturated heterocycles. The quantitative estimate of drug-likeness (QED) is 0.485. The first-order valence-electron chi connectivity index (χ1n) is 4.20. The smallest absolute Gasteiger partial charge is 0.111 e. The van der Waals surface area contributed by atoms with E-state index in [0.717, 1.165) is 0 Å². The van der Waals surface area contributed by atoms with Gasteiger partial charge in [-0.15, -0.1) is 0 Å². The number of aliphatic hydroxyl groups excluding tert-OH is 3. The Bertz CT molecular complexity index is 148. The molecular weight excluding hydrogens is 160 g/mol. The first-order chi connectivity index (χ1) is 5.54. The maximum absolute atomic E-state index is 9.44. The number of hydrogen-bond donors (Lipinski definition) is 3. The Morgan fingerprint density at radius 2 is 1.75 bits per heavy atom. The van der Waals surface area contributed by atoms with E-state index in [1.807, 2.05) is 13.8 Å². The molecule has 0 aliphatic carbocycles. The Balaban J connectivity index is 2.58. The minimum absolute atomic E-state index is 0.0983. The molecule has 4 atom stereocenters. The third-order valence-electron chi connectivity index (χ3n) is 2.20. The van der Waals surface area contributed by atoms with Gasteiger partial charge in [0.15, 0.2) is 0 Å². The second-order valence-electron chi connectivity index (χ2n) is 3.59. The van der Waals surface area contributed by atoms with Crippen LogP contribution in [0.15, 0.2) is 0 Å². The normalized spacial score (nSPS) is 43.5. The first kappa shape index (κ1) is 9.92. The van der Waals surface area contributed by atoms with Crippen molar-refractivity contribution in [3.05, 3.63) is 0 Å². The van der Waals surface area contributed by atoms with E-state index in [1.54, 1.807) is 0 Å². The van der Waals surface area contributed by atoms with Crippen LogP contribution in [0.25, 0.3) is 0 Å². The lowest BCUT2D eigenvalue weighted by Crippen LogP contribution is -2.54. The van der Waals surface area contributed by atoms with Crippen molar-refractivity contribution in [3.63, 3.8) is 0 Å². The molecule has 12 heavy (non-hydrogen) atoms. The SMILES string of the molecule is CC(C)C1OC[C@@H](O)C(O)C1O. The zero-order chi connectivity index (χ0) is 9.30. The molecule has 0 radical (unpaired) electrons. The molecule has 1 aliphatic rings. The largest absolute Gasteiger partial charge is 0.388 e. The fourth-order valence-electron chi connectivity index (χ4n) is 1.42. The van der Waals surface area contributed by atoms with Gasteiger partial charge in [0.25, 0.3) is 0 Å². The highest BCUT2D eigenvalue weighted by Crippen LogP contribution is 2.20. The molecule has 3 N–H and O–H groups in total. The van der Waals surface area contributed by atoms with Gasteiger partial charge in [0.05, 0.1) is 12.7 Å². The van der Waals surface area contributed by atoms with E-state index >= 15 is 0 Å². The minimum Gasteiger partial charge on any atom is -0.388 e. The van der Waals surface area contributed by atoms with Gasteiger partial charge >= 0.3 is 0 Å². The van der Waals surface area contributed by atoms with Crippen molar-refractivity contribution in [1.82, 2.24) is 0 Å². The van der Waals surface area contributed by atoms with E-state index in [2.05, 4.69) is 0 Å². The Kier molecular flexibility index (Phi) is 3.06. The lowest BCUT2D eigenvalue weighted by atomic mass is 9.93. The van der Waals surface area contributed by atoms with Crippen LogP contribution < -0.4 is 0 Å². The molecule has 72 valence electrons. The highest BCUT2D eigenvalue weighted by molar-refractivity contribution is 4.87. The number of aliphatic hydroxyl groups is 3. The van der Waals surface area contributed by atoms with Crippen LogP contribution in [0.4, 0.5) is 0 Å². The monoisotopic (exact) mass is 176 g/mol. The molecule has 0 saturated carbocycles. The van der Waals surface area contributed by atoms with E-state index < -0.39 is 18.3 Å². The van der Waals surface area contributed by atoms with Crippen molar-refractivity contribution in [2.24, 2.45) is 5.92 Å².